The maximum absolute atomic E-state index is 12.9. The van der Waals surface area contributed by atoms with E-state index in [9.17, 15) is 13.2 Å². The summed E-state index contributed by atoms with van der Waals surface area (Å²) in [6.07, 6.45) is 6.14. The first kappa shape index (κ1) is 18.5. The Kier molecular flexibility index (Phi) is 5.30. The summed E-state index contributed by atoms with van der Waals surface area (Å²) < 4.78 is 26.0. The Morgan fingerprint density at radius 3 is 2.64 bits per heavy atom. The monoisotopic (exact) mass is 384 g/mol. The van der Waals surface area contributed by atoms with Gasteiger partial charge in [0.2, 0.25) is 15.9 Å². The molecule has 5 nitrogen and oxygen atoms in total. The molecular weight excluding hydrogens is 360 g/mol. The lowest BCUT2D eigenvalue weighted by Gasteiger charge is -2.32. The molecular formula is C18H25ClN2O3S. The maximum atomic E-state index is 12.9. The summed E-state index contributed by atoms with van der Waals surface area (Å²) in [5.41, 5.74) is 0.421. The standard InChI is InChI=1S/C18H25ClN2O3S/c1-3-17(18(22)20-16-10-12-7-8-13(16)9-12)21(25(2,23)24)15-6-4-5-14(19)11-15/h4-6,11-13,16-17H,3,7-10H2,1-2H3,(H,20,22)/t12-,13-,16-,17-/m1/s1. The zero-order valence-corrected chi connectivity index (χ0v) is 16.2. The summed E-state index contributed by atoms with van der Waals surface area (Å²) in [4.78, 5) is 12.9. The molecule has 2 fully saturated rings. The fourth-order valence-electron chi connectivity index (χ4n) is 4.37. The molecule has 0 heterocycles. The molecule has 1 amide bonds. The van der Waals surface area contributed by atoms with Crippen molar-refractivity contribution in [3.8, 4) is 0 Å². The second kappa shape index (κ2) is 7.16. The molecule has 0 saturated heterocycles. The maximum Gasteiger partial charge on any atom is 0.244 e. The molecule has 2 aliphatic carbocycles. The second-order valence-corrected chi connectivity index (χ2v) is 9.55. The molecule has 138 valence electrons. The van der Waals surface area contributed by atoms with E-state index in [-0.39, 0.29) is 11.9 Å². The van der Waals surface area contributed by atoms with Crippen LogP contribution in [0.15, 0.2) is 24.3 Å². The Balaban J connectivity index is 1.83. The highest BCUT2D eigenvalue weighted by molar-refractivity contribution is 7.92. The molecule has 2 aliphatic rings. The van der Waals surface area contributed by atoms with Crippen molar-refractivity contribution in [2.45, 2.75) is 51.1 Å². The van der Waals surface area contributed by atoms with E-state index in [0.29, 0.717) is 29.0 Å². The third kappa shape index (κ3) is 3.95. The average molecular weight is 385 g/mol. The largest absolute Gasteiger partial charge is 0.351 e. The average Bonchev–Trinajstić information content (AvgIpc) is 3.13. The molecule has 0 unspecified atom stereocenters. The van der Waals surface area contributed by atoms with Crippen LogP contribution >= 0.6 is 11.6 Å². The van der Waals surface area contributed by atoms with Crippen LogP contribution in [0.2, 0.25) is 5.02 Å². The third-order valence-corrected chi connectivity index (χ3v) is 6.87. The smallest absolute Gasteiger partial charge is 0.244 e. The Morgan fingerprint density at radius 2 is 2.12 bits per heavy atom. The first-order chi connectivity index (χ1) is 11.8. The zero-order valence-electron chi connectivity index (χ0n) is 14.6. The van der Waals surface area contributed by atoms with E-state index < -0.39 is 16.1 Å². The van der Waals surface area contributed by atoms with Crippen molar-refractivity contribution in [1.82, 2.24) is 5.32 Å². The number of sulfonamides is 1. The van der Waals surface area contributed by atoms with Gasteiger partial charge in [0.25, 0.3) is 0 Å². The van der Waals surface area contributed by atoms with Crippen molar-refractivity contribution in [1.29, 1.82) is 0 Å². The lowest BCUT2D eigenvalue weighted by Crippen LogP contribution is -2.52. The molecule has 0 aromatic heterocycles. The van der Waals surface area contributed by atoms with Gasteiger partial charge in [-0.15, -0.1) is 0 Å². The number of carbonyl (C=O) groups excluding carboxylic acids is 1. The number of hydrogen-bond donors (Lipinski definition) is 1. The Morgan fingerprint density at radius 1 is 1.36 bits per heavy atom. The van der Waals surface area contributed by atoms with Crippen LogP contribution in [0.3, 0.4) is 0 Å². The number of fused-ring (bicyclic) bond motifs is 2. The molecule has 3 rings (SSSR count). The van der Waals surface area contributed by atoms with Gasteiger partial charge < -0.3 is 5.32 Å². The summed E-state index contributed by atoms with van der Waals surface area (Å²) in [5, 5.41) is 3.56. The number of rotatable bonds is 6. The molecule has 0 spiro atoms. The molecule has 2 saturated carbocycles. The van der Waals surface area contributed by atoms with Crippen molar-refractivity contribution in [2.75, 3.05) is 10.6 Å². The van der Waals surface area contributed by atoms with Crippen molar-refractivity contribution >= 4 is 33.2 Å². The van der Waals surface area contributed by atoms with E-state index in [1.807, 2.05) is 6.92 Å². The predicted octanol–water partition coefficient (Wildman–Crippen LogP) is 3.19. The molecule has 0 aliphatic heterocycles. The normalized spacial score (nSPS) is 26.4. The van der Waals surface area contributed by atoms with Gasteiger partial charge in [0.1, 0.15) is 6.04 Å². The van der Waals surface area contributed by atoms with Crippen LogP contribution in [-0.2, 0) is 14.8 Å². The number of hydrogen-bond acceptors (Lipinski definition) is 3. The third-order valence-electron chi connectivity index (χ3n) is 5.46. The second-order valence-electron chi connectivity index (χ2n) is 7.25. The van der Waals surface area contributed by atoms with Gasteiger partial charge in [-0.25, -0.2) is 8.42 Å². The lowest BCUT2D eigenvalue weighted by atomic mass is 9.95. The quantitative estimate of drug-likeness (QED) is 0.819. The van der Waals surface area contributed by atoms with Crippen molar-refractivity contribution in [3.05, 3.63) is 29.3 Å². The van der Waals surface area contributed by atoms with Gasteiger partial charge in [0.15, 0.2) is 0 Å². The molecule has 1 aromatic rings. The first-order valence-electron chi connectivity index (χ1n) is 8.85. The van der Waals surface area contributed by atoms with Crippen molar-refractivity contribution in [3.63, 3.8) is 0 Å². The number of amides is 1. The predicted molar refractivity (Wildman–Crippen MR) is 100 cm³/mol. The fraction of sp³-hybridized carbons (Fsp3) is 0.611. The van der Waals surface area contributed by atoms with Crippen LogP contribution in [0.4, 0.5) is 5.69 Å². The topological polar surface area (TPSA) is 66.5 Å². The summed E-state index contributed by atoms with van der Waals surface area (Å²) in [6, 6.07) is 6.03. The van der Waals surface area contributed by atoms with Crippen LogP contribution in [0.1, 0.15) is 39.0 Å². The molecule has 4 atom stereocenters. The number of carbonyl (C=O) groups is 1. The van der Waals surface area contributed by atoms with Crippen LogP contribution in [-0.4, -0.2) is 32.7 Å². The highest BCUT2D eigenvalue weighted by Gasteiger charge is 2.41. The summed E-state index contributed by atoms with van der Waals surface area (Å²) in [7, 11) is -3.62. The van der Waals surface area contributed by atoms with Crippen LogP contribution in [0.5, 0.6) is 0 Å². The molecule has 2 bridgehead atoms. The van der Waals surface area contributed by atoms with E-state index >= 15 is 0 Å². The highest BCUT2D eigenvalue weighted by atomic mass is 35.5. The van der Waals surface area contributed by atoms with Gasteiger partial charge in [-0.1, -0.05) is 31.0 Å². The van der Waals surface area contributed by atoms with Crippen LogP contribution < -0.4 is 9.62 Å². The molecule has 25 heavy (non-hydrogen) atoms. The van der Waals surface area contributed by atoms with Gasteiger partial charge in [-0.2, -0.15) is 0 Å². The summed E-state index contributed by atoms with van der Waals surface area (Å²) >= 11 is 6.02. The van der Waals surface area contributed by atoms with E-state index in [2.05, 4.69) is 5.32 Å². The minimum Gasteiger partial charge on any atom is -0.351 e. The Labute approximate surface area is 154 Å². The van der Waals surface area contributed by atoms with E-state index in [1.54, 1.807) is 24.3 Å². The SMILES string of the molecule is CC[C@H](C(=O)N[C@@H]1C[C@@H]2CC[C@@H]1C2)N(c1cccc(Cl)c1)S(C)(=O)=O. The number of benzene rings is 1. The van der Waals surface area contributed by atoms with E-state index in [4.69, 9.17) is 11.6 Å². The number of halogens is 1. The molecule has 1 N–H and O–H groups in total. The minimum atomic E-state index is -3.62. The van der Waals surface area contributed by atoms with Gasteiger partial charge in [-0.3, -0.25) is 9.10 Å². The summed E-state index contributed by atoms with van der Waals surface area (Å²) in [6.45, 7) is 1.83. The van der Waals surface area contributed by atoms with Crippen molar-refractivity contribution in [2.24, 2.45) is 11.8 Å². The van der Waals surface area contributed by atoms with Crippen molar-refractivity contribution < 1.29 is 13.2 Å². The van der Waals surface area contributed by atoms with E-state index in [0.717, 1.165) is 19.1 Å². The van der Waals surface area contributed by atoms with E-state index in [1.165, 1.54) is 17.1 Å². The lowest BCUT2D eigenvalue weighted by molar-refractivity contribution is -0.123. The van der Waals surface area contributed by atoms with Crippen LogP contribution in [0.25, 0.3) is 0 Å². The van der Waals surface area contributed by atoms with Gasteiger partial charge in [0, 0.05) is 11.1 Å². The zero-order chi connectivity index (χ0) is 18.2. The molecule has 0 radical (unpaired) electrons. The fourth-order valence-corrected chi connectivity index (χ4v) is 5.76. The van der Waals surface area contributed by atoms with Gasteiger partial charge in [-0.05, 0) is 55.7 Å². The number of nitrogens with one attached hydrogen (secondary N) is 1. The summed E-state index contributed by atoms with van der Waals surface area (Å²) in [5.74, 6) is 1.05. The Bertz CT molecular complexity index is 752. The minimum absolute atomic E-state index is 0.182. The Hall–Kier alpha value is -1.27. The van der Waals surface area contributed by atoms with Gasteiger partial charge in [0.05, 0.1) is 11.9 Å². The molecule has 1 aromatic carbocycles. The van der Waals surface area contributed by atoms with Gasteiger partial charge >= 0.3 is 0 Å². The highest BCUT2D eigenvalue weighted by Crippen LogP contribution is 2.44. The number of anilines is 1. The number of nitrogens with zero attached hydrogens (tertiary/aromatic N) is 1. The molecule has 7 heteroatoms. The first-order valence-corrected chi connectivity index (χ1v) is 11.1. The van der Waals surface area contributed by atoms with Crippen LogP contribution in [0, 0.1) is 11.8 Å².